The number of likely N-dealkylation sites (tertiary alicyclic amines) is 1. The number of carbonyl (C=O) groups is 2. The fraction of sp³-hybridized carbons (Fsp3) is 0.652. The van der Waals surface area contributed by atoms with Gasteiger partial charge in [-0.05, 0) is 64.3 Å². The zero-order valence-corrected chi connectivity index (χ0v) is 18.9. The number of ether oxygens (including phenoxy) is 2. The summed E-state index contributed by atoms with van der Waals surface area (Å²) in [6.45, 7) is 10.7. The van der Waals surface area contributed by atoms with E-state index in [-0.39, 0.29) is 12.0 Å². The van der Waals surface area contributed by atoms with E-state index in [1.54, 1.807) is 24.0 Å². The average molecular weight is 421 g/mol. The second kappa shape index (κ2) is 10.2. The van der Waals surface area contributed by atoms with E-state index in [0.29, 0.717) is 38.2 Å². The minimum absolute atomic E-state index is 0.247. The molecule has 1 atom stereocenters. The summed E-state index contributed by atoms with van der Waals surface area (Å²) in [6.07, 6.45) is 2.34. The number of aliphatic hydroxyl groups is 1. The quantitative estimate of drug-likeness (QED) is 0.646. The molecule has 0 bridgehead atoms. The number of hydrogen-bond acceptors (Lipinski definition) is 5. The Morgan fingerprint density at radius 1 is 1.20 bits per heavy atom. The van der Waals surface area contributed by atoms with Gasteiger partial charge in [-0.25, -0.2) is 4.79 Å². The zero-order chi connectivity index (χ0) is 22.4. The van der Waals surface area contributed by atoms with Gasteiger partial charge in [0, 0.05) is 18.8 Å². The third-order valence-electron chi connectivity index (χ3n) is 5.37. The lowest BCUT2D eigenvalue weighted by atomic mass is 9.80. The van der Waals surface area contributed by atoms with Crippen LogP contribution in [0.2, 0.25) is 0 Å². The number of rotatable bonds is 7. The summed E-state index contributed by atoms with van der Waals surface area (Å²) < 4.78 is 11.0. The van der Waals surface area contributed by atoms with Crippen molar-refractivity contribution in [1.82, 2.24) is 4.90 Å². The van der Waals surface area contributed by atoms with Crippen LogP contribution in [0.25, 0.3) is 0 Å². The molecule has 2 amide bonds. The molecule has 1 aliphatic rings. The molecule has 2 rings (SSSR count). The molecule has 0 aliphatic carbocycles. The maximum absolute atomic E-state index is 12.7. The van der Waals surface area contributed by atoms with Crippen molar-refractivity contribution in [1.29, 1.82) is 0 Å². The first-order valence-corrected chi connectivity index (χ1v) is 10.8. The van der Waals surface area contributed by atoms with Crippen molar-refractivity contribution in [2.45, 2.75) is 71.5 Å². The molecule has 1 fully saturated rings. The lowest BCUT2D eigenvalue weighted by Crippen LogP contribution is -2.53. The Bertz CT molecular complexity index is 703. The molecule has 1 heterocycles. The summed E-state index contributed by atoms with van der Waals surface area (Å²) in [6, 6.07) is 7.23. The number of nitrogens with one attached hydrogen (secondary N) is 1. The van der Waals surface area contributed by atoms with E-state index in [0.717, 1.165) is 18.6 Å². The molecule has 1 aromatic carbocycles. The molecule has 7 heteroatoms. The summed E-state index contributed by atoms with van der Waals surface area (Å²) >= 11 is 0. The minimum atomic E-state index is -1.16. The second-order valence-electron chi connectivity index (χ2n) is 9.01. The third kappa shape index (κ3) is 6.90. The molecule has 7 nitrogen and oxygen atoms in total. The van der Waals surface area contributed by atoms with Crippen molar-refractivity contribution in [3.8, 4) is 5.75 Å². The van der Waals surface area contributed by atoms with E-state index < -0.39 is 17.1 Å². The number of hydrogen-bond donors (Lipinski definition) is 2. The van der Waals surface area contributed by atoms with Crippen LogP contribution in [0.1, 0.15) is 60.3 Å². The standard InChI is InChI=1S/C23H36N2O5/c1-6-7-16-29-19-10-8-18(9-11-19)24-20(26)17(2)23(28)12-14-25(15-13-23)21(27)30-22(3,4)5/h8-11,17,28H,6-7,12-16H2,1-5H3,(H,24,26). The van der Waals surface area contributed by atoms with E-state index in [1.807, 2.05) is 32.9 Å². The summed E-state index contributed by atoms with van der Waals surface area (Å²) in [7, 11) is 0. The second-order valence-corrected chi connectivity index (χ2v) is 9.01. The highest BCUT2D eigenvalue weighted by Gasteiger charge is 2.42. The van der Waals surface area contributed by atoms with Gasteiger partial charge in [0.05, 0.1) is 18.1 Å². The summed E-state index contributed by atoms with van der Waals surface area (Å²) in [4.78, 5) is 26.5. The molecule has 2 N–H and O–H groups in total. The molecule has 0 radical (unpaired) electrons. The minimum Gasteiger partial charge on any atom is -0.494 e. The predicted molar refractivity (Wildman–Crippen MR) is 117 cm³/mol. The maximum atomic E-state index is 12.7. The molecule has 1 aliphatic heterocycles. The van der Waals surface area contributed by atoms with Crippen LogP contribution in [0.5, 0.6) is 5.75 Å². The Morgan fingerprint density at radius 2 is 1.80 bits per heavy atom. The first kappa shape index (κ1) is 24.0. The van der Waals surface area contributed by atoms with E-state index in [1.165, 1.54) is 0 Å². The van der Waals surface area contributed by atoms with Crippen LogP contribution in [-0.2, 0) is 9.53 Å². The molecular formula is C23H36N2O5. The Morgan fingerprint density at radius 3 is 2.33 bits per heavy atom. The molecule has 0 spiro atoms. The van der Waals surface area contributed by atoms with Gasteiger partial charge in [-0.15, -0.1) is 0 Å². The summed E-state index contributed by atoms with van der Waals surface area (Å²) in [5.74, 6) is -0.0933. The molecule has 30 heavy (non-hydrogen) atoms. The monoisotopic (exact) mass is 420 g/mol. The highest BCUT2D eigenvalue weighted by atomic mass is 16.6. The van der Waals surface area contributed by atoms with Gasteiger partial charge in [-0.1, -0.05) is 20.3 Å². The fourth-order valence-corrected chi connectivity index (χ4v) is 3.30. The molecule has 1 unspecified atom stereocenters. The molecule has 168 valence electrons. The van der Waals surface area contributed by atoms with Crippen molar-refractivity contribution in [3.05, 3.63) is 24.3 Å². The van der Waals surface area contributed by atoms with Gasteiger partial charge in [0.1, 0.15) is 11.4 Å². The van der Waals surface area contributed by atoms with Crippen LogP contribution < -0.4 is 10.1 Å². The summed E-state index contributed by atoms with van der Waals surface area (Å²) in [5.41, 5.74) is -1.06. The Hall–Kier alpha value is -2.28. The average Bonchev–Trinajstić information content (AvgIpc) is 2.68. The third-order valence-corrected chi connectivity index (χ3v) is 5.37. The smallest absolute Gasteiger partial charge is 0.410 e. The molecule has 1 saturated heterocycles. The largest absolute Gasteiger partial charge is 0.494 e. The van der Waals surface area contributed by atoms with E-state index in [2.05, 4.69) is 12.2 Å². The van der Waals surface area contributed by atoms with Crippen LogP contribution in [0.3, 0.4) is 0 Å². The Balaban J connectivity index is 1.87. The van der Waals surface area contributed by atoms with Crippen LogP contribution in [0.4, 0.5) is 10.5 Å². The lowest BCUT2D eigenvalue weighted by Gasteiger charge is -2.41. The number of piperidine rings is 1. The van der Waals surface area contributed by atoms with Crippen molar-refractivity contribution in [2.75, 3.05) is 25.0 Å². The van der Waals surface area contributed by atoms with Gasteiger partial charge in [0.15, 0.2) is 0 Å². The first-order chi connectivity index (χ1) is 14.0. The Kier molecular flexibility index (Phi) is 8.12. The van der Waals surface area contributed by atoms with Crippen molar-refractivity contribution in [3.63, 3.8) is 0 Å². The van der Waals surface area contributed by atoms with Gasteiger partial charge >= 0.3 is 6.09 Å². The number of anilines is 1. The summed E-state index contributed by atoms with van der Waals surface area (Å²) in [5, 5.41) is 13.9. The van der Waals surface area contributed by atoms with Gasteiger partial charge in [0.2, 0.25) is 5.91 Å². The fourth-order valence-electron chi connectivity index (χ4n) is 3.30. The highest BCUT2D eigenvalue weighted by molar-refractivity contribution is 5.93. The highest BCUT2D eigenvalue weighted by Crippen LogP contribution is 2.31. The van der Waals surface area contributed by atoms with Crippen molar-refractivity contribution >= 4 is 17.7 Å². The number of nitrogens with zero attached hydrogens (tertiary/aromatic N) is 1. The topological polar surface area (TPSA) is 88.1 Å². The van der Waals surface area contributed by atoms with Crippen LogP contribution in [0.15, 0.2) is 24.3 Å². The molecule has 0 aromatic heterocycles. The van der Waals surface area contributed by atoms with Crippen LogP contribution in [-0.4, -0.2) is 52.9 Å². The lowest BCUT2D eigenvalue weighted by molar-refractivity contribution is -0.132. The zero-order valence-electron chi connectivity index (χ0n) is 18.9. The maximum Gasteiger partial charge on any atom is 0.410 e. The SMILES string of the molecule is CCCCOc1ccc(NC(=O)C(C)C2(O)CCN(C(=O)OC(C)(C)C)CC2)cc1. The first-order valence-electron chi connectivity index (χ1n) is 10.8. The van der Waals surface area contributed by atoms with Crippen LogP contribution >= 0.6 is 0 Å². The van der Waals surface area contributed by atoms with Crippen molar-refractivity contribution in [2.24, 2.45) is 5.92 Å². The molecule has 1 aromatic rings. The van der Waals surface area contributed by atoms with Gasteiger partial charge < -0.3 is 24.8 Å². The van der Waals surface area contributed by atoms with Crippen molar-refractivity contribution < 1.29 is 24.2 Å². The van der Waals surface area contributed by atoms with Gasteiger partial charge in [0.25, 0.3) is 0 Å². The van der Waals surface area contributed by atoms with Gasteiger partial charge in [-0.2, -0.15) is 0 Å². The molecule has 0 saturated carbocycles. The normalized spacial score (nSPS) is 17.2. The number of carbonyl (C=O) groups excluding carboxylic acids is 2. The van der Waals surface area contributed by atoms with E-state index >= 15 is 0 Å². The number of unbranched alkanes of at least 4 members (excludes halogenated alkanes) is 1. The van der Waals surface area contributed by atoms with E-state index in [4.69, 9.17) is 9.47 Å². The Labute approximate surface area is 179 Å². The van der Waals surface area contributed by atoms with Crippen LogP contribution in [0, 0.1) is 5.92 Å². The predicted octanol–water partition coefficient (Wildman–Crippen LogP) is 4.20. The molecular weight excluding hydrogens is 384 g/mol. The van der Waals surface area contributed by atoms with E-state index in [9.17, 15) is 14.7 Å². The number of amides is 2. The number of benzene rings is 1. The van der Waals surface area contributed by atoms with Gasteiger partial charge in [-0.3, -0.25) is 4.79 Å².